The van der Waals surface area contributed by atoms with Crippen molar-refractivity contribution in [2.75, 3.05) is 13.6 Å². The Balaban J connectivity index is 1.37. The Morgan fingerprint density at radius 1 is 1.03 bits per heavy atom. The summed E-state index contributed by atoms with van der Waals surface area (Å²) in [6.07, 6.45) is 8.13. The smallest absolute Gasteiger partial charge is 0.191 e. The third kappa shape index (κ3) is 5.63. The third-order valence-corrected chi connectivity index (χ3v) is 5.12. The van der Waals surface area contributed by atoms with Crippen LogP contribution in [0.15, 0.2) is 95.1 Å². The van der Waals surface area contributed by atoms with Gasteiger partial charge in [-0.15, -0.1) is 0 Å². The molecule has 2 aromatic heterocycles. The molecule has 0 saturated carbocycles. The number of nitrogens with one attached hydrogen (secondary N) is 2. The van der Waals surface area contributed by atoms with E-state index in [1.165, 1.54) is 22.3 Å². The lowest BCUT2D eigenvalue weighted by Crippen LogP contribution is -2.37. The number of nitrogens with zero attached hydrogens (tertiary/aromatic N) is 3. The normalized spacial score (nSPS) is 11.5. The summed E-state index contributed by atoms with van der Waals surface area (Å²) in [5.74, 6) is 1.74. The lowest BCUT2D eigenvalue weighted by molar-refractivity contribution is 0.507. The van der Waals surface area contributed by atoms with Crippen LogP contribution in [0, 0.1) is 0 Å². The average Bonchev–Trinajstić information content (AvgIpc) is 3.51. The van der Waals surface area contributed by atoms with Crippen molar-refractivity contribution in [3.05, 3.63) is 103 Å². The van der Waals surface area contributed by atoms with Gasteiger partial charge >= 0.3 is 0 Å². The highest BCUT2D eigenvalue weighted by molar-refractivity contribution is 5.80. The molecule has 0 saturated heterocycles. The number of guanidine groups is 1. The van der Waals surface area contributed by atoms with Gasteiger partial charge in [0.15, 0.2) is 5.96 Å². The average molecular weight is 414 g/mol. The monoisotopic (exact) mass is 413 g/mol. The minimum Gasteiger partial charge on any atom is -0.469 e. The quantitative estimate of drug-likeness (QED) is 0.337. The highest BCUT2D eigenvalue weighted by Gasteiger charge is 2.07. The van der Waals surface area contributed by atoms with Crippen molar-refractivity contribution in [3.8, 4) is 11.1 Å². The van der Waals surface area contributed by atoms with Crippen LogP contribution in [0.4, 0.5) is 0 Å². The van der Waals surface area contributed by atoms with Gasteiger partial charge in [-0.25, -0.2) is 4.98 Å². The molecule has 0 fully saturated rings. The molecule has 6 nitrogen and oxygen atoms in total. The molecule has 4 aromatic rings. The topological polar surface area (TPSA) is 67.4 Å². The maximum absolute atomic E-state index is 5.38. The molecule has 0 amide bonds. The molecule has 0 aliphatic heterocycles. The number of hydrogen-bond acceptors (Lipinski definition) is 3. The maximum atomic E-state index is 5.38. The second-order valence-corrected chi connectivity index (χ2v) is 7.27. The van der Waals surface area contributed by atoms with Gasteiger partial charge in [0, 0.05) is 45.5 Å². The fraction of sp³-hybridized carbons (Fsp3) is 0.200. The van der Waals surface area contributed by atoms with Gasteiger partial charge in [0.2, 0.25) is 0 Å². The zero-order valence-electron chi connectivity index (χ0n) is 17.7. The van der Waals surface area contributed by atoms with Gasteiger partial charge in [-0.3, -0.25) is 4.99 Å². The summed E-state index contributed by atoms with van der Waals surface area (Å²) in [6.45, 7) is 2.27. The summed E-state index contributed by atoms with van der Waals surface area (Å²) in [7, 11) is 1.78. The van der Waals surface area contributed by atoms with Gasteiger partial charge in [0.25, 0.3) is 0 Å². The van der Waals surface area contributed by atoms with Crippen molar-refractivity contribution in [3.63, 3.8) is 0 Å². The van der Waals surface area contributed by atoms with Gasteiger partial charge < -0.3 is 19.6 Å². The van der Waals surface area contributed by atoms with Crippen molar-refractivity contribution >= 4 is 5.96 Å². The number of hydrogen-bond donors (Lipinski definition) is 2. The van der Waals surface area contributed by atoms with E-state index in [4.69, 9.17) is 4.42 Å². The molecule has 0 spiro atoms. The second kappa shape index (κ2) is 10.3. The lowest BCUT2D eigenvalue weighted by Gasteiger charge is -2.14. The Labute approximate surface area is 182 Å². The highest BCUT2D eigenvalue weighted by Crippen LogP contribution is 2.24. The SMILES string of the molecule is CN=C(NCCc1ccco1)NCc1ccccc1-c1ccc(Cn2ccnc2)cc1. The predicted octanol–water partition coefficient (Wildman–Crippen LogP) is 4.10. The van der Waals surface area contributed by atoms with Crippen LogP contribution in [0.5, 0.6) is 0 Å². The number of aromatic nitrogens is 2. The fourth-order valence-electron chi connectivity index (χ4n) is 3.50. The Hall–Kier alpha value is -3.80. The molecule has 2 aromatic carbocycles. The zero-order chi connectivity index (χ0) is 21.3. The van der Waals surface area contributed by atoms with Crippen molar-refractivity contribution in [2.45, 2.75) is 19.5 Å². The first-order valence-corrected chi connectivity index (χ1v) is 10.4. The Kier molecular flexibility index (Phi) is 6.80. The van der Waals surface area contributed by atoms with Crippen LogP contribution >= 0.6 is 0 Å². The first-order chi connectivity index (χ1) is 15.3. The molecule has 2 N–H and O–H groups in total. The van der Waals surface area contributed by atoms with Crippen LogP contribution in [-0.2, 0) is 19.5 Å². The van der Waals surface area contributed by atoms with Crippen LogP contribution in [0.2, 0.25) is 0 Å². The first kappa shape index (κ1) is 20.5. The van der Waals surface area contributed by atoms with E-state index in [2.05, 4.69) is 73.7 Å². The molecule has 0 aliphatic rings. The zero-order valence-corrected chi connectivity index (χ0v) is 17.7. The van der Waals surface area contributed by atoms with E-state index >= 15 is 0 Å². The predicted molar refractivity (Wildman–Crippen MR) is 124 cm³/mol. The van der Waals surface area contributed by atoms with Gasteiger partial charge in [-0.05, 0) is 34.4 Å². The molecule has 0 bridgehead atoms. The van der Waals surface area contributed by atoms with Gasteiger partial charge in [-0.1, -0.05) is 48.5 Å². The molecule has 0 aliphatic carbocycles. The van der Waals surface area contributed by atoms with Crippen LogP contribution < -0.4 is 10.6 Å². The van der Waals surface area contributed by atoms with E-state index in [-0.39, 0.29) is 0 Å². The Morgan fingerprint density at radius 2 is 1.90 bits per heavy atom. The van der Waals surface area contributed by atoms with E-state index in [9.17, 15) is 0 Å². The summed E-state index contributed by atoms with van der Waals surface area (Å²) in [4.78, 5) is 8.43. The van der Waals surface area contributed by atoms with Crippen LogP contribution in [-0.4, -0.2) is 29.1 Å². The van der Waals surface area contributed by atoms with E-state index in [0.717, 1.165) is 31.2 Å². The minimum atomic E-state index is 0.688. The summed E-state index contributed by atoms with van der Waals surface area (Å²) >= 11 is 0. The van der Waals surface area contributed by atoms with E-state index in [1.807, 2.05) is 24.7 Å². The van der Waals surface area contributed by atoms with Crippen LogP contribution in [0.25, 0.3) is 11.1 Å². The second-order valence-electron chi connectivity index (χ2n) is 7.27. The molecule has 0 atom stereocenters. The van der Waals surface area contributed by atoms with Crippen molar-refractivity contribution in [1.82, 2.24) is 20.2 Å². The Morgan fingerprint density at radius 3 is 2.65 bits per heavy atom. The molecule has 6 heteroatoms. The first-order valence-electron chi connectivity index (χ1n) is 10.4. The molecule has 31 heavy (non-hydrogen) atoms. The molecule has 0 radical (unpaired) electrons. The Bertz CT molecular complexity index is 1080. The van der Waals surface area contributed by atoms with E-state index < -0.39 is 0 Å². The lowest BCUT2D eigenvalue weighted by atomic mass is 9.98. The highest BCUT2D eigenvalue weighted by atomic mass is 16.3. The van der Waals surface area contributed by atoms with E-state index in [1.54, 1.807) is 19.5 Å². The van der Waals surface area contributed by atoms with Gasteiger partial charge in [-0.2, -0.15) is 0 Å². The summed E-state index contributed by atoms with van der Waals surface area (Å²) in [5, 5.41) is 6.75. The number of imidazole rings is 1. The fourth-order valence-corrected chi connectivity index (χ4v) is 3.50. The maximum Gasteiger partial charge on any atom is 0.191 e. The summed E-state index contributed by atoms with van der Waals surface area (Å²) < 4.78 is 7.44. The number of aliphatic imine (C=N–C) groups is 1. The largest absolute Gasteiger partial charge is 0.469 e. The van der Waals surface area contributed by atoms with Crippen molar-refractivity contribution in [1.29, 1.82) is 0 Å². The summed E-state index contributed by atoms with van der Waals surface area (Å²) in [6, 6.07) is 21.1. The van der Waals surface area contributed by atoms with Crippen molar-refractivity contribution in [2.24, 2.45) is 4.99 Å². The standard InChI is InChI=1S/C25H27N5O/c1-26-25(28-13-12-23-6-4-16-31-23)29-17-22-5-2-3-7-24(22)21-10-8-20(9-11-21)18-30-15-14-27-19-30/h2-11,14-16,19H,12-13,17-18H2,1H3,(H2,26,28,29). The molecular formula is C25H27N5O. The molecule has 4 rings (SSSR count). The molecule has 0 unspecified atom stereocenters. The van der Waals surface area contributed by atoms with Crippen LogP contribution in [0.3, 0.4) is 0 Å². The summed E-state index contributed by atoms with van der Waals surface area (Å²) in [5.41, 5.74) is 4.89. The molecule has 158 valence electrons. The number of furan rings is 1. The molecular weight excluding hydrogens is 386 g/mol. The minimum absolute atomic E-state index is 0.688. The third-order valence-electron chi connectivity index (χ3n) is 5.12. The van der Waals surface area contributed by atoms with Gasteiger partial charge in [0.1, 0.15) is 5.76 Å². The van der Waals surface area contributed by atoms with Crippen molar-refractivity contribution < 1.29 is 4.42 Å². The van der Waals surface area contributed by atoms with Gasteiger partial charge in [0.05, 0.1) is 12.6 Å². The molecule has 2 heterocycles. The van der Waals surface area contributed by atoms with Crippen LogP contribution in [0.1, 0.15) is 16.9 Å². The number of rotatable bonds is 8. The van der Waals surface area contributed by atoms with E-state index in [0.29, 0.717) is 6.54 Å². The number of benzene rings is 2.